The number of hydrogen-bond donors (Lipinski definition) is 2. The first kappa shape index (κ1) is 17.0. The number of anilines is 1. The number of carbonyl (C=O) groups excluding carboxylic acids is 1. The number of esters is 1. The van der Waals surface area contributed by atoms with Crippen molar-refractivity contribution < 1.29 is 14.2 Å². The van der Waals surface area contributed by atoms with Gasteiger partial charge in [0.15, 0.2) is 17.9 Å². The number of rotatable bonds is 8. The molecule has 0 radical (unpaired) electrons. The van der Waals surface area contributed by atoms with Crippen molar-refractivity contribution in [2.45, 2.75) is 20.4 Å². The lowest BCUT2D eigenvalue weighted by Crippen LogP contribution is -2.35. The number of aromatic amines is 1. The molecule has 6 heteroatoms. The van der Waals surface area contributed by atoms with Crippen molar-refractivity contribution in [3.63, 3.8) is 0 Å². The largest absolute Gasteiger partial charge is 0.460 e. The Morgan fingerprint density at radius 2 is 1.96 bits per heavy atom. The molecular formula is C17H25N4O2+. The van der Waals surface area contributed by atoms with Gasteiger partial charge in [-0.25, -0.2) is 4.79 Å². The number of nitrogens with two attached hydrogens (primary N) is 1. The Morgan fingerprint density at radius 3 is 2.61 bits per heavy atom. The number of benzene rings is 1. The fraction of sp³-hybridized carbons (Fsp3) is 0.412. The first-order chi connectivity index (χ1) is 11.1. The van der Waals surface area contributed by atoms with Crippen LogP contribution in [0.2, 0.25) is 0 Å². The predicted molar refractivity (Wildman–Crippen MR) is 89.0 cm³/mol. The molecule has 0 saturated carbocycles. The summed E-state index contributed by atoms with van der Waals surface area (Å²) in [5.41, 5.74) is 7.39. The standard InChI is InChI=1S/C17H24N4O2/c1-3-20(4-2)10-11-23-17(22)15-13-21(19-16(15)18)12-14-8-6-5-7-9-14/h5-9,13H,3-4,10-12H2,1-2H3,(H2,18,19)/p+1. The van der Waals surface area contributed by atoms with Crippen LogP contribution in [-0.2, 0) is 11.3 Å². The second-order valence-electron chi connectivity index (χ2n) is 5.34. The van der Waals surface area contributed by atoms with Gasteiger partial charge in [-0.1, -0.05) is 44.2 Å². The minimum absolute atomic E-state index is 0.328. The van der Waals surface area contributed by atoms with Gasteiger partial charge in [0.05, 0.1) is 0 Å². The maximum atomic E-state index is 12.1. The maximum absolute atomic E-state index is 12.1. The van der Waals surface area contributed by atoms with Crippen LogP contribution in [0.15, 0.2) is 36.5 Å². The Morgan fingerprint density at radius 1 is 1.26 bits per heavy atom. The highest BCUT2D eigenvalue weighted by atomic mass is 16.5. The van der Waals surface area contributed by atoms with Crippen LogP contribution < -0.4 is 10.4 Å². The highest BCUT2D eigenvalue weighted by Crippen LogP contribution is 2.08. The van der Waals surface area contributed by atoms with Crippen molar-refractivity contribution in [1.29, 1.82) is 0 Å². The van der Waals surface area contributed by atoms with Gasteiger partial charge >= 0.3 is 5.97 Å². The number of nitrogen functional groups attached to an aromatic ring is 1. The van der Waals surface area contributed by atoms with E-state index in [1.54, 1.807) is 10.9 Å². The zero-order chi connectivity index (χ0) is 16.7. The fourth-order valence-corrected chi connectivity index (χ4v) is 2.39. The lowest BCUT2D eigenvalue weighted by molar-refractivity contribution is -0.741. The second kappa shape index (κ2) is 8.33. The molecule has 0 atom stereocenters. The molecule has 0 bridgehead atoms. The average Bonchev–Trinajstić information content (AvgIpc) is 2.93. The molecule has 0 aliphatic carbocycles. The number of nitrogens with zero attached hydrogens (tertiary/aromatic N) is 2. The Bertz CT molecular complexity index is 621. The first-order valence-corrected chi connectivity index (χ1v) is 7.95. The average molecular weight is 317 g/mol. The molecule has 6 nitrogen and oxygen atoms in total. The van der Waals surface area contributed by atoms with Gasteiger partial charge in [0, 0.05) is 12.1 Å². The number of nitrogens with one attached hydrogen (secondary N) is 1. The molecule has 2 rings (SSSR count). The molecule has 0 unspecified atom stereocenters. The molecule has 0 amide bonds. The summed E-state index contributed by atoms with van der Waals surface area (Å²) >= 11 is 0. The van der Waals surface area contributed by atoms with E-state index in [1.165, 1.54) is 0 Å². The zero-order valence-electron chi connectivity index (χ0n) is 13.8. The van der Waals surface area contributed by atoms with E-state index in [-0.39, 0.29) is 0 Å². The third-order valence-corrected chi connectivity index (χ3v) is 3.79. The summed E-state index contributed by atoms with van der Waals surface area (Å²) in [6, 6.07) is 9.96. The normalized spacial score (nSPS) is 10.9. The van der Waals surface area contributed by atoms with Crippen LogP contribution in [0.3, 0.4) is 0 Å². The van der Waals surface area contributed by atoms with Gasteiger partial charge in [-0.05, 0) is 13.1 Å². The number of hydrogen-bond acceptors (Lipinski definition) is 4. The molecular weight excluding hydrogens is 292 g/mol. The number of aromatic nitrogens is 2. The Labute approximate surface area is 136 Å². The van der Waals surface area contributed by atoms with Gasteiger partial charge in [-0.3, -0.25) is 0 Å². The minimum atomic E-state index is -0.391. The van der Waals surface area contributed by atoms with E-state index in [2.05, 4.69) is 23.8 Å². The molecule has 0 fully saturated rings. The van der Waals surface area contributed by atoms with Crippen LogP contribution in [0.25, 0.3) is 0 Å². The molecule has 1 aromatic carbocycles. The molecule has 0 saturated heterocycles. The maximum Gasteiger partial charge on any atom is 0.348 e. The van der Waals surface area contributed by atoms with E-state index in [9.17, 15) is 4.79 Å². The SMILES string of the molecule is CCN(CC)CCOC(=O)c1c[n+](Cc2ccccc2)[nH]c1N. The van der Waals surface area contributed by atoms with Crippen LogP contribution in [-0.4, -0.2) is 42.2 Å². The van der Waals surface area contributed by atoms with Crippen molar-refractivity contribution in [2.24, 2.45) is 0 Å². The van der Waals surface area contributed by atoms with Gasteiger partial charge in [-0.15, -0.1) is 9.78 Å². The van der Waals surface area contributed by atoms with Crippen molar-refractivity contribution in [3.8, 4) is 0 Å². The van der Waals surface area contributed by atoms with Crippen molar-refractivity contribution in [3.05, 3.63) is 47.7 Å². The third kappa shape index (κ3) is 4.82. The van der Waals surface area contributed by atoms with Crippen LogP contribution in [0.4, 0.5) is 5.82 Å². The first-order valence-electron chi connectivity index (χ1n) is 7.95. The van der Waals surface area contributed by atoms with Gasteiger partial charge in [-0.2, -0.15) is 0 Å². The monoisotopic (exact) mass is 317 g/mol. The van der Waals surface area contributed by atoms with E-state index in [0.29, 0.717) is 24.5 Å². The van der Waals surface area contributed by atoms with Gasteiger partial charge in [0.2, 0.25) is 6.20 Å². The molecule has 0 spiro atoms. The zero-order valence-corrected chi connectivity index (χ0v) is 13.8. The van der Waals surface area contributed by atoms with Gasteiger partial charge < -0.3 is 15.4 Å². The summed E-state index contributed by atoms with van der Waals surface area (Å²) in [6.07, 6.45) is 1.70. The van der Waals surface area contributed by atoms with Crippen molar-refractivity contribution in [2.75, 3.05) is 32.0 Å². The summed E-state index contributed by atoms with van der Waals surface area (Å²) < 4.78 is 7.10. The van der Waals surface area contributed by atoms with E-state index < -0.39 is 5.97 Å². The summed E-state index contributed by atoms with van der Waals surface area (Å²) in [5.74, 6) is -0.0634. The van der Waals surface area contributed by atoms with E-state index >= 15 is 0 Å². The smallest absolute Gasteiger partial charge is 0.348 e. The molecule has 1 aromatic heterocycles. The third-order valence-electron chi connectivity index (χ3n) is 3.79. The summed E-state index contributed by atoms with van der Waals surface area (Å²) in [4.78, 5) is 14.3. The summed E-state index contributed by atoms with van der Waals surface area (Å²) in [6.45, 7) is 7.77. The highest BCUT2D eigenvalue weighted by molar-refractivity contribution is 5.93. The van der Waals surface area contributed by atoms with Crippen LogP contribution in [0, 0.1) is 0 Å². The van der Waals surface area contributed by atoms with Crippen molar-refractivity contribution >= 4 is 11.8 Å². The Hall–Kier alpha value is -2.34. The predicted octanol–water partition coefficient (Wildman–Crippen LogP) is 1.43. The second-order valence-corrected chi connectivity index (χ2v) is 5.34. The summed E-state index contributed by atoms with van der Waals surface area (Å²) in [5, 5.41) is 2.98. The molecule has 2 aromatic rings. The van der Waals surface area contributed by atoms with Crippen molar-refractivity contribution in [1.82, 2.24) is 10.00 Å². The highest BCUT2D eigenvalue weighted by Gasteiger charge is 2.20. The van der Waals surface area contributed by atoms with Crippen LogP contribution in [0.1, 0.15) is 29.8 Å². The van der Waals surface area contributed by atoms with Gasteiger partial charge in [0.1, 0.15) is 6.61 Å². The van der Waals surface area contributed by atoms with Crippen LogP contribution in [0.5, 0.6) is 0 Å². The lowest BCUT2D eigenvalue weighted by atomic mass is 10.2. The van der Waals surface area contributed by atoms with E-state index in [4.69, 9.17) is 10.5 Å². The van der Waals surface area contributed by atoms with Crippen LogP contribution >= 0.6 is 0 Å². The molecule has 124 valence electrons. The minimum Gasteiger partial charge on any atom is -0.460 e. The van der Waals surface area contributed by atoms with E-state index in [0.717, 1.165) is 25.2 Å². The molecule has 1 heterocycles. The molecule has 23 heavy (non-hydrogen) atoms. The molecule has 3 N–H and O–H groups in total. The molecule has 0 aliphatic heterocycles. The lowest BCUT2D eigenvalue weighted by Gasteiger charge is -2.17. The van der Waals surface area contributed by atoms with Gasteiger partial charge in [0.25, 0.3) is 0 Å². The number of H-pyrrole nitrogens is 1. The number of likely N-dealkylation sites (N-methyl/N-ethyl adjacent to an activating group) is 1. The topological polar surface area (TPSA) is 75.2 Å². The summed E-state index contributed by atoms with van der Waals surface area (Å²) in [7, 11) is 0. The molecule has 0 aliphatic rings. The quantitative estimate of drug-likeness (QED) is 0.570. The Balaban J connectivity index is 1.93. The Kier molecular flexibility index (Phi) is 6.17. The number of carbonyl (C=O) groups is 1. The van der Waals surface area contributed by atoms with E-state index in [1.807, 2.05) is 30.3 Å². The fourth-order valence-electron chi connectivity index (χ4n) is 2.39. The number of ether oxygens (including phenoxy) is 1.